The van der Waals surface area contributed by atoms with Crippen LogP contribution in [0.25, 0.3) is 0 Å². The summed E-state index contributed by atoms with van der Waals surface area (Å²) in [6, 6.07) is 0. The number of aromatic nitrogens is 3. The molecule has 0 amide bonds. The Kier molecular flexibility index (Phi) is 2.20. The molecule has 0 aromatic carbocycles. The first kappa shape index (κ1) is 8.53. The molecule has 1 aromatic heterocycles. The van der Waals surface area contributed by atoms with E-state index in [1.165, 1.54) is 12.8 Å². The van der Waals surface area contributed by atoms with Gasteiger partial charge in [0.1, 0.15) is 5.82 Å². The fourth-order valence-electron chi connectivity index (χ4n) is 1.83. The lowest BCUT2D eigenvalue weighted by Crippen LogP contribution is -2.24. The molecule has 0 spiro atoms. The van der Waals surface area contributed by atoms with Crippen LogP contribution in [0.5, 0.6) is 0 Å². The molecule has 2 rings (SSSR count). The van der Waals surface area contributed by atoms with Crippen LogP contribution < -0.4 is 5.69 Å². The summed E-state index contributed by atoms with van der Waals surface area (Å²) in [6.07, 6.45) is 4.46. The first-order valence-electron chi connectivity index (χ1n) is 4.99. The van der Waals surface area contributed by atoms with Crippen molar-refractivity contribution < 1.29 is 0 Å². The van der Waals surface area contributed by atoms with E-state index in [1.54, 1.807) is 4.68 Å². The van der Waals surface area contributed by atoms with E-state index in [-0.39, 0.29) is 5.69 Å². The van der Waals surface area contributed by atoms with E-state index in [1.807, 2.05) is 11.5 Å². The molecule has 13 heavy (non-hydrogen) atoms. The van der Waals surface area contributed by atoms with Gasteiger partial charge in [0.15, 0.2) is 0 Å². The zero-order valence-corrected chi connectivity index (χ0v) is 7.99. The van der Waals surface area contributed by atoms with Gasteiger partial charge in [-0.1, -0.05) is 6.42 Å². The highest BCUT2D eigenvalue weighted by molar-refractivity contribution is 4.89. The van der Waals surface area contributed by atoms with Crippen molar-refractivity contribution in [3.05, 3.63) is 16.3 Å². The summed E-state index contributed by atoms with van der Waals surface area (Å²) in [7, 11) is 0. The molecule has 1 aliphatic rings. The molecule has 72 valence electrons. The molecule has 0 atom stereocenters. The van der Waals surface area contributed by atoms with E-state index in [4.69, 9.17) is 0 Å². The normalized spacial score (nSPS) is 16.7. The molecular formula is C9H15N3O. The topological polar surface area (TPSA) is 39.8 Å². The quantitative estimate of drug-likeness (QED) is 0.642. The van der Waals surface area contributed by atoms with E-state index < -0.39 is 0 Å². The third-order valence-corrected chi connectivity index (χ3v) is 2.58. The minimum Gasteiger partial charge on any atom is -0.279 e. The fourth-order valence-corrected chi connectivity index (χ4v) is 1.83. The van der Waals surface area contributed by atoms with Crippen LogP contribution in [-0.2, 0) is 19.5 Å². The molecule has 0 aliphatic carbocycles. The van der Waals surface area contributed by atoms with Crippen LogP contribution in [0.1, 0.15) is 32.0 Å². The highest BCUT2D eigenvalue weighted by Gasteiger charge is 2.13. The monoisotopic (exact) mass is 181 g/mol. The van der Waals surface area contributed by atoms with Crippen molar-refractivity contribution in [3.8, 4) is 0 Å². The summed E-state index contributed by atoms with van der Waals surface area (Å²) in [5.74, 6) is 0.976. The Hall–Kier alpha value is -1.06. The molecule has 4 heteroatoms. The predicted molar refractivity (Wildman–Crippen MR) is 49.7 cm³/mol. The van der Waals surface area contributed by atoms with Crippen molar-refractivity contribution in [1.82, 2.24) is 14.3 Å². The van der Waals surface area contributed by atoms with Crippen molar-refractivity contribution in [2.24, 2.45) is 0 Å². The van der Waals surface area contributed by atoms with Gasteiger partial charge in [0.05, 0.1) is 0 Å². The molecule has 4 nitrogen and oxygen atoms in total. The summed E-state index contributed by atoms with van der Waals surface area (Å²) in [5.41, 5.74) is 0.0689. The first-order chi connectivity index (χ1) is 6.33. The molecular weight excluding hydrogens is 166 g/mol. The van der Waals surface area contributed by atoms with Gasteiger partial charge in [-0.25, -0.2) is 9.48 Å². The Morgan fingerprint density at radius 1 is 1.38 bits per heavy atom. The summed E-state index contributed by atoms with van der Waals surface area (Å²) in [5, 5.41) is 4.30. The molecule has 1 aromatic rings. The molecule has 1 aliphatic heterocycles. The van der Waals surface area contributed by atoms with Gasteiger partial charge in [-0.15, -0.1) is 0 Å². The van der Waals surface area contributed by atoms with Crippen molar-refractivity contribution in [3.63, 3.8) is 0 Å². The Morgan fingerprint density at radius 2 is 2.23 bits per heavy atom. The zero-order valence-electron chi connectivity index (χ0n) is 7.99. The minimum absolute atomic E-state index is 0.0689. The lowest BCUT2D eigenvalue weighted by molar-refractivity contribution is 0.574. The van der Waals surface area contributed by atoms with Gasteiger partial charge in [0, 0.05) is 19.5 Å². The molecule has 0 radical (unpaired) electrons. The Labute approximate surface area is 77.2 Å². The average molecular weight is 181 g/mol. The number of rotatable bonds is 1. The summed E-state index contributed by atoms with van der Waals surface area (Å²) < 4.78 is 3.39. The standard InChI is InChI=1S/C9H15N3O/c1-2-12-9(13)11-7-5-3-4-6-8(11)10-12/h2-7H2,1H3. The average Bonchev–Trinajstić information content (AvgIpc) is 2.37. The van der Waals surface area contributed by atoms with Crippen molar-refractivity contribution in [1.29, 1.82) is 0 Å². The van der Waals surface area contributed by atoms with Crippen LogP contribution in [0.15, 0.2) is 4.79 Å². The number of aryl methyl sites for hydroxylation is 2. The molecule has 0 bridgehead atoms. The largest absolute Gasteiger partial charge is 0.345 e. The van der Waals surface area contributed by atoms with Crippen LogP contribution in [0.3, 0.4) is 0 Å². The summed E-state index contributed by atoms with van der Waals surface area (Å²) in [6.45, 7) is 3.49. The van der Waals surface area contributed by atoms with Crippen LogP contribution in [0.2, 0.25) is 0 Å². The van der Waals surface area contributed by atoms with Gasteiger partial charge in [-0.2, -0.15) is 5.10 Å². The molecule has 0 saturated carbocycles. The first-order valence-corrected chi connectivity index (χ1v) is 4.99. The number of fused-ring (bicyclic) bond motifs is 1. The maximum absolute atomic E-state index is 11.7. The van der Waals surface area contributed by atoms with Crippen LogP contribution in [-0.4, -0.2) is 14.3 Å². The van der Waals surface area contributed by atoms with Gasteiger partial charge in [0.25, 0.3) is 0 Å². The maximum Gasteiger partial charge on any atom is 0.345 e. The van der Waals surface area contributed by atoms with Crippen LogP contribution in [0.4, 0.5) is 0 Å². The summed E-state index contributed by atoms with van der Waals surface area (Å²) >= 11 is 0. The van der Waals surface area contributed by atoms with Crippen LogP contribution >= 0.6 is 0 Å². The fraction of sp³-hybridized carbons (Fsp3) is 0.778. The highest BCUT2D eigenvalue weighted by Crippen LogP contribution is 2.09. The zero-order chi connectivity index (χ0) is 9.26. The van der Waals surface area contributed by atoms with Crippen molar-refractivity contribution in [2.75, 3.05) is 0 Å². The second kappa shape index (κ2) is 3.36. The number of hydrogen-bond donors (Lipinski definition) is 0. The Bertz CT molecular complexity index is 350. The van der Waals surface area contributed by atoms with Gasteiger partial charge < -0.3 is 0 Å². The third kappa shape index (κ3) is 1.41. The van der Waals surface area contributed by atoms with E-state index in [0.29, 0.717) is 6.54 Å². The van der Waals surface area contributed by atoms with Gasteiger partial charge >= 0.3 is 5.69 Å². The minimum atomic E-state index is 0.0689. The molecule has 0 N–H and O–H groups in total. The Morgan fingerprint density at radius 3 is 3.00 bits per heavy atom. The number of hydrogen-bond acceptors (Lipinski definition) is 2. The smallest absolute Gasteiger partial charge is 0.279 e. The number of nitrogens with zero attached hydrogens (tertiary/aromatic N) is 3. The van der Waals surface area contributed by atoms with E-state index in [9.17, 15) is 4.79 Å². The second-order valence-corrected chi connectivity index (χ2v) is 3.48. The maximum atomic E-state index is 11.7. The molecule has 0 unspecified atom stereocenters. The van der Waals surface area contributed by atoms with Gasteiger partial charge in [-0.3, -0.25) is 4.57 Å². The van der Waals surface area contributed by atoms with E-state index >= 15 is 0 Å². The van der Waals surface area contributed by atoms with Gasteiger partial charge in [0.2, 0.25) is 0 Å². The molecule has 0 fully saturated rings. The van der Waals surface area contributed by atoms with Crippen molar-refractivity contribution in [2.45, 2.75) is 45.7 Å². The SMILES string of the molecule is CCn1nc2n(c1=O)CCCCC2. The predicted octanol–water partition coefficient (Wildman–Crippen LogP) is 0.791. The van der Waals surface area contributed by atoms with E-state index in [2.05, 4.69) is 5.10 Å². The lowest BCUT2D eigenvalue weighted by Gasteiger charge is -1.96. The molecule has 2 heterocycles. The van der Waals surface area contributed by atoms with Crippen molar-refractivity contribution >= 4 is 0 Å². The Balaban J connectivity index is 2.45. The molecule has 0 saturated heterocycles. The third-order valence-electron chi connectivity index (χ3n) is 2.58. The lowest BCUT2D eigenvalue weighted by atomic mass is 10.2. The van der Waals surface area contributed by atoms with E-state index in [0.717, 1.165) is 25.2 Å². The highest BCUT2D eigenvalue weighted by atomic mass is 16.2. The van der Waals surface area contributed by atoms with Gasteiger partial charge in [-0.05, 0) is 19.8 Å². The van der Waals surface area contributed by atoms with Crippen LogP contribution in [0, 0.1) is 0 Å². The second-order valence-electron chi connectivity index (χ2n) is 3.48. The summed E-state index contributed by atoms with van der Waals surface area (Å²) in [4.78, 5) is 11.7.